The Morgan fingerprint density at radius 3 is 2.16 bits per heavy atom. The fourth-order valence-corrected chi connectivity index (χ4v) is 2.11. The van der Waals surface area contributed by atoms with E-state index in [1.54, 1.807) is 0 Å². The number of esters is 2. The summed E-state index contributed by atoms with van der Waals surface area (Å²) in [6, 6.07) is 4.50. The molecule has 0 saturated carbocycles. The van der Waals surface area contributed by atoms with Gasteiger partial charge < -0.3 is 14.3 Å². The van der Waals surface area contributed by atoms with Crippen LogP contribution in [0.5, 0.6) is 0 Å². The van der Waals surface area contributed by atoms with Gasteiger partial charge in [-0.15, -0.1) is 18.2 Å². The van der Waals surface area contributed by atoms with Crippen LogP contribution in [-0.4, -0.2) is 39.1 Å². The molecule has 98 valence electrons. The normalized spacial score (nSPS) is 10.3. The smallest absolute Gasteiger partial charge is 0.509 e. The Morgan fingerprint density at radius 2 is 1.74 bits per heavy atom. The summed E-state index contributed by atoms with van der Waals surface area (Å²) in [4.78, 5) is 21.9. The van der Waals surface area contributed by atoms with Crippen molar-refractivity contribution < 1.29 is 61.6 Å². The van der Waals surface area contributed by atoms with E-state index in [2.05, 4.69) is 15.5 Å². The summed E-state index contributed by atoms with van der Waals surface area (Å²) in [5.41, 5.74) is -1.04. The first-order valence-electron chi connectivity index (χ1n) is 4.51. The molecule has 0 aliphatic carbocycles. The number of methoxy groups -OCH3 is 2. The molecule has 0 aromatic heterocycles. The Labute approximate surface area is 131 Å². The van der Waals surface area contributed by atoms with Crippen LogP contribution >= 0.6 is 0 Å². The van der Waals surface area contributed by atoms with Gasteiger partial charge in [0.2, 0.25) is 0 Å². The molecule has 1 aromatic rings. The summed E-state index contributed by atoms with van der Waals surface area (Å²) in [5, 5.41) is 0. The Balaban J connectivity index is 0.00000324. The fourth-order valence-electron chi connectivity index (χ4n) is 1.28. The molecule has 1 N–H and O–H groups in total. The molecule has 0 aliphatic rings. The molecule has 0 amide bonds. The molecule has 1 rings (SSSR count). The molecule has 0 fully saturated rings. The monoisotopic (exact) mass is 296 g/mol. The SMILES string of the molecule is COC(=O)c1[c-]ccc(C(=O)OC)c1S(=O)(=O)O.[Na+]. The van der Waals surface area contributed by atoms with Crippen LogP contribution in [0.3, 0.4) is 0 Å². The Bertz CT molecular complexity index is 560. The number of hydrogen-bond donors (Lipinski definition) is 1. The van der Waals surface area contributed by atoms with Gasteiger partial charge in [-0.25, -0.2) is 13.2 Å². The van der Waals surface area contributed by atoms with Crippen LogP contribution in [0.25, 0.3) is 0 Å². The van der Waals surface area contributed by atoms with E-state index in [4.69, 9.17) is 4.55 Å². The molecule has 1 aromatic carbocycles. The zero-order valence-electron chi connectivity index (χ0n) is 10.5. The van der Waals surface area contributed by atoms with E-state index in [-0.39, 0.29) is 29.6 Å². The van der Waals surface area contributed by atoms with Crippen molar-refractivity contribution in [3.63, 3.8) is 0 Å². The molecular formula is C10H9NaO7S. The topological polar surface area (TPSA) is 107 Å². The molecule has 19 heavy (non-hydrogen) atoms. The van der Waals surface area contributed by atoms with Crippen molar-refractivity contribution in [2.45, 2.75) is 4.90 Å². The molecule has 9 heteroatoms. The minimum absolute atomic E-state index is 0. The van der Waals surface area contributed by atoms with Crippen molar-refractivity contribution in [2.75, 3.05) is 14.2 Å². The largest absolute Gasteiger partial charge is 1.00 e. The van der Waals surface area contributed by atoms with Crippen LogP contribution in [0.15, 0.2) is 17.0 Å². The zero-order valence-corrected chi connectivity index (χ0v) is 13.3. The van der Waals surface area contributed by atoms with E-state index in [1.165, 1.54) is 0 Å². The van der Waals surface area contributed by atoms with Gasteiger partial charge in [-0.05, 0) is 11.1 Å². The van der Waals surface area contributed by atoms with Crippen LogP contribution in [0.4, 0.5) is 0 Å². The van der Waals surface area contributed by atoms with Gasteiger partial charge >= 0.3 is 35.5 Å². The van der Waals surface area contributed by atoms with Gasteiger partial charge in [-0.1, -0.05) is 0 Å². The first-order chi connectivity index (χ1) is 8.32. The van der Waals surface area contributed by atoms with E-state index in [0.29, 0.717) is 0 Å². The summed E-state index contributed by atoms with van der Waals surface area (Å²) < 4.78 is 40.2. The molecule has 0 radical (unpaired) electrons. The zero-order chi connectivity index (χ0) is 13.9. The van der Waals surface area contributed by atoms with E-state index >= 15 is 0 Å². The van der Waals surface area contributed by atoms with Crippen LogP contribution < -0.4 is 29.6 Å². The number of rotatable bonds is 3. The Kier molecular flexibility index (Phi) is 6.67. The second-order valence-corrected chi connectivity index (χ2v) is 4.41. The molecule has 0 heterocycles. The Morgan fingerprint density at radius 1 is 1.21 bits per heavy atom. The van der Waals surface area contributed by atoms with E-state index < -0.39 is 38.1 Å². The molecule has 0 aliphatic heterocycles. The van der Waals surface area contributed by atoms with Crippen molar-refractivity contribution in [1.82, 2.24) is 0 Å². The molecule has 0 saturated heterocycles. The van der Waals surface area contributed by atoms with Crippen LogP contribution in [0.1, 0.15) is 20.7 Å². The van der Waals surface area contributed by atoms with Crippen molar-refractivity contribution >= 4 is 22.1 Å². The summed E-state index contributed by atoms with van der Waals surface area (Å²) in [6.07, 6.45) is 0. The Hall–Kier alpha value is -0.930. The van der Waals surface area contributed by atoms with E-state index in [0.717, 1.165) is 26.4 Å². The van der Waals surface area contributed by atoms with Crippen LogP contribution in [-0.2, 0) is 19.6 Å². The number of carbonyl (C=O) groups is 2. The third kappa shape index (κ3) is 4.02. The minimum Gasteiger partial charge on any atom is -0.509 e. The maximum absolute atomic E-state index is 11.4. The molecule has 7 nitrogen and oxygen atoms in total. The summed E-state index contributed by atoms with van der Waals surface area (Å²) in [7, 11) is -2.75. The fraction of sp³-hybridized carbons (Fsp3) is 0.200. The number of benzene rings is 1. The van der Waals surface area contributed by atoms with Crippen molar-refractivity contribution in [3.8, 4) is 0 Å². The van der Waals surface area contributed by atoms with E-state index in [1.807, 2.05) is 0 Å². The van der Waals surface area contributed by atoms with Crippen molar-refractivity contribution in [2.24, 2.45) is 0 Å². The molecular weight excluding hydrogens is 287 g/mol. The minimum atomic E-state index is -4.81. The van der Waals surface area contributed by atoms with Gasteiger partial charge in [0.25, 0.3) is 16.1 Å². The molecule has 0 spiro atoms. The molecule has 0 unspecified atom stereocenters. The summed E-state index contributed by atoms with van der Waals surface area (Å²) >= 11 is 0. The van der Waals surface area contributed by atoms with Gasteiger partial charge in [0.15, 0.2) is 0 Å². The van der Waals surface area contributed by atoms with E-state index in [9.17, 15) is 18.0 Å². The quantitative estimate of drug-likeness (QED) is 0.280. The predicted octanol–water partition coefficient (Wildman–Crippen LogP) is -2.69. The van der Waals surface area contributed by atoms with Gasteiger partial charge in [0, 0.05) is 4.90 Å². The third-order valence-corrected chi connectivity index (χ3v) is 2.94. The second-order valence-electron chi connectivity index (χ2n) is 3.05. The maximum atomic E-state index is 11.4. The van der Waals surface area contributed by atoms with Gasteiger partial charge in [0.1, 0.15) is 0 Å². The standard InChI is InChI=1S/C10H9O7S.Na/c1-16-9(11)6-4-3-5-7(10(12)17-2)8(6)18(13,14)15;/h3-4H,1-2H3,(H,13,14,15);/q-1;+1. The first kappa shape index (κ1) is 18.1. The number of carbonyl (C=O) groups excluding carboxylic acids is 2. The molecule has 0 atom stereocenters. The van der Waals surface area contributed by atoms with Gasteiger partial charge in [-0.3, -0.25) is 4.55 Å². The second kappa shape index (κ2) is 7.01. The van der Waals surface area contributed by atoms with Crippen molar-refractivity contribution in [1.29, 1.82) is 0 Å². The molecule has 0 bridgehead atoms. The van der Waals surface area contributed by atoms with Gasteiger partial charge in [-0.2, -0.15) is 0 Å². The first-order valence-corrected chi connectivity index (χ1v) is 5.95. The summed E-state index contributed by atoms with van der Waals surface area (Å²) in [6.45, 7) is 0. The van der Waals surface area contributed by atoms with Gasteiger partial charge in [0.05, 0.1) is 14.2 Å². The maximum Gasteiger partial charge on any atom is 1.00 e. The average Bonchev–Trinajstić information content (AvgIpc) is 2.34. The van der Waals surface area contributed by atoms with Crippen molar-refractivity contribution in [3.05, 3.63) is 29.3 Å². The number of hydrogen-bond acceptors (Lipinski definition) is 6. The third-order valence-electron chi connectivity index (χ3n) is 2.00. The number of ether oxygens (including phenoxy) is 2. The predicted molar refractivity (Wildman–Crippen MR) is 57.8 cm³/mol. The van der Waals surface area contributed by atoms with Crippen LogP contribution in [0.2, 0.25) is 0 Å². The van der Waals surface area contributed by atoms with Crippen LogP contribution in [0, 0.1) is 6.07 Å². The average molecular weight is 296 g/mol. The summed E-state index contributed by atoms with van der Waals surface area (Å²) in [5.74, 6) is -2.06.